The molecule has 1 saturated heterocycles. The lowest BCUT2D eigenvalue weighted by Crippen LogP contribution is -2.28. The average Bonchev–Trinajstić information content (AvgIpc) is 2.64. The van der Waals surface area contributed by atoms with Gasteiger partial charge in [0, 0.05) is 26.2 Å². The molecular weight excluding hydrogens is 218 g/mol. The van der Waals surface area contributed by atoms with Crippen molar-refractivity contribution >= 4 is 5.95 Å². The fraction of sp³-hybridized carbons (Fsp3) is 0.818. The van der Waals surface area contributed by atoms with Crippen LogP contribution in [-0.2, 0) is 11.3 Å². The van der Waals surface area contributed by atoms with Crippen LogP contribution in [0.4, 0.5) is 5.95 Å². The molecule has 0 aromatic carbocycles. The molecule has 17 heavy (non-hydrogen) atoms. The number of hydrogen-bond acceptors (Lipinski definition) is 5. The number of H-pyrrole nitrogens is 1. The quantitative estimate of drug-likeness (QED) is 0.734. The summed E-state index contributed by atoms with van der Waals surface area (Å²) in [5.41, 5.74) is 0. The Bertz CT molecular complexity index is 319. The normalized spacial score (nSPS) is 17.1. The van der Waals surface area contributed by atoms with E-state index in [9.17, 15) is 0 Å². The first kappa shape index (κ1) is 12.3. The van der Waals surface area contributed by atoms with Crippen LogP contribution in [0.5, 0.6) is 0 Å². The van der Waals surface area contributed by atoms with E-state index in [1.165, 1.54) is 0 Å². The first-order chi connectivity index (χ1) is 8.40. The molecule has 6 nitrogen and oxygen atoms in total. The maximum atomic E-state index is 5.43. The Labute approximate surface area is 102 Å². The fourth-order valence-corrected chi connectivity index (χ4v) is 1.85. The number of anilines is 1. The maximum absolute atomic E-state index is 5.43. The van der Waals surface area contributed by atoms with Crippen LogP contribution in [0.1, 0.15) is 25.6 Å². The van der Waals surface area contributed by atoms with E-state index in [1.807, 2.05) is 0 Å². The van der Waals surface area contributed by atoms with Crippen molar-refractivity contribution in [1.82, 2.24) is 20.5 Å². The predicted octanol–water partition coefficient (Wildman–Crippen LogP) is 0.531. The van der Waals surface area contributed by atoms with Crippen LogP contribution in [0.3, 0.4) is 0 Å². The molecular formula is C11H21N5O. The summed E-state index contributed by atoms with van der Waals surface area (Å²) in [5, 5.41) is 10.5. The molecule has 0 saturated carbocycles. The van der Waals surface area contributed by atoms with Gasteiger partial charge in [-0.25, -0.2) is 0 Å². The third-order valence-electron chi connectivity index (χ3n) is 2.73. The van der Waals surface area contributed by atoms with Crippen molar-refractivity contribution in [2.75, 3.05) is 37.7 Å². The van der Waals surface area contributed by atoms with E-state index in [1.54, 1.807) is 0 Å². The summed E-state index contributed by atoms with van der Waals surface area (Å²) in [5.74, 6) is 1.61. The SMILES string of the molecule is CCCOCc1nc(N2CCCNCC2)n[nH]1. The zero-order valence-corrected chi connectivity index (χ0v) is 10.4. The van der Waals surface area contributed by atoms with Gasteiger partial charge in [0.25, 0.3) is 0 Å². The van der Waals surface area contributed by atoms with Gasteiger partial charge in [-0.3, -0.25) is 5.10 Å². The standard InChI is InChI=1S/C11H21N5O/c1-2-8-17-9-10-13-11(15-14-10)16-6-3-4-12-5-7-16/h12H,2-9H2,1H3,(H,13,14,15). The first-order valence-electron chi connectivity index (χ1n) is 6.35. The minimum absolute atomic E-state index is 0.521. The molecule has 96 valence electrons. The van der Waals surface area contributed by atoms with Gasteiger partial charge in [0.2, 0.25) is 5.95 Å². The van der Waals surface area contributed by atoms with E-state index in [2.05, 4.69) is 32.3 Å². The van der Waals surface area contributed by atoms with Crippen molar-refractivity contribution in [3.63, 3.8) is 0 Å². The Morgan fingerprint density at radius 3 is 3.18 bits per heavy atom. The number of ether oxygens (including phenoxy) is 1. The van der Waals surface area contributed by atoms with Crippen molar-refractivity contribution in [2.45, 2.75) is 26.4 Å². The van der Waals surface area contributed by atoms with Gasteiger partial charge in [0.05, 0.1) is 0 Å². The number of nitrogens with zero attached hydrogens (tertiary/aromatic N) is 3. The topological polar surface area (TPSA) is 66.1 Å². The van der Waals surface area contributed by atoms with Gasteiger partial charge < -0.3 is 15.0 Å². The Balaban J connectivity index is 1.87. The molecule has 2 heterocycles. The Kier molecular flexibility index (Phi) is 4.75. The van der Waals surface area contributed by atoms with Crippen LogP contribution in [-0.4, -0.2) is 48.0 Å². The summed E-state index contributed by atoms with van der Waals surface area (Å²) in [4.78, 5) is 6.66. The van der Waals surface area contributed by atoms with Crippen LogP contribution in [0.15, 0.2) is 0 Å². The summed E-state index contributed by atoms with van der Waals surface area (Å²) in [6.07, 6.45) is 2.16. The fourth-order valence-electron chi connectivity index (χ4n) is 1.85. The molecule has 1 aromatic heterocycles. The molecule has 2 rings (SSSR count). The summed E-state index contributed by atoms with van der Waals surface area (Å²) < 4.78 is 5.43. The molecule has 0 amide bonds. The van der Waals surface area contributed by atoms with E-state index < -0.39 is 0 Å². The number of nitrogens with one attached hydrogen (secondary N) is 2. The molecule has 0 radical (unpaired) electrons. The Hall–Kier alpha value is -1.14. The predicted molar refractivity (Wildman–Crippen MR) is 66.0 cm³/mol. The molecule has 0 aliphatic carbocycles. The molecule has 6 heteroatoms. The summed E-state index contributed by atoms with van der Waals surface area (Å²) in [6, 6.07) is 0. The molecule has 1 fully saturated rings. The third kappa shape index (κ3) is 3.67. The second-order valence-corrected chi connectivity index (χ2v) is 4.23. The minimum Gasteiger partial charge on any atom is -0.373 e. The molecule has 0 unspecified atom stereocenters. The lowest BCUT2D eigenvalue weighted by molar-refractivity contribution is 0.116. The zero-order chi connectivity index (χ0) is 11.9. The van der Waals surface area contributed by atoms with E-state index in [-0.39, 0.29) is 0 Å². The van der Waals surface area contributed by atoms with E-state index in [4.69, 9.17) is 4.74 Å². The molecule has 0 atom stereocenters. The Morgan fingerprint density at radius 1 is 1.35 bits per heavy atom. The minimum atomic E-state index is 0.521. The van der Waals surface area contributed by atoms with Crippen molar-refractivity contribution in [1.29, 1.82) is 0 Å². The second kappa shape index (κ2) is 6.56. The number of aromatic amines is 1. The van der Waals surface area contributed by atoms with Crippen molar-refractivity contribution in [3.05, 3.63) is 5.82 Å². The Morgan fingerprint density at radius 2 is 2.29 bits per heavy atom. The zero-order valence-electron chi connectivity index (χ0n) is 10.4. The highest BCUT2D eigenvalue weighted by atomic mass is 16.5. The highest BCUT2D eigenvalue weighted by Gasteiger charge is 2.13. The molecule has 1 aromatic rings. The van der Waals surface area contributed by atoms with Gasteiger partial charge in [-0.2, -0.15) is 4.98 Å². The summed E-state index contributed by atoms with van der Waals surface area (Å²) >= 11 is 0. The van der Waals surface area contributed by atoms with Crippen LogP contribution in [0, 0.1) is 0 Å². The second-order valence-electron chi connectivity index (χ2n) is 4.23. The van der Waals surface area contributed by atoms with Crippen LogP contribution in [0.2, 0.25) is 0 Å². The maximum Gasteiger partial charge on any atom is 0.244 e. The third-order valence-corrected chi connectivity index (χ3v) is 2.73. The van der Waals surface area contributed by atoms with E-state index in [0.717, 1.165) is 57.4 Å². The van der Waals surface area contributed by atoms with Crippen LogP contribution < -0.4 is 10.2 Å². The van der Waals surface area contributed by atoms with E-state index in [0.29, 0.717) is 6.61 Å². The van der Waals surface area contributed by atoms with Gasteiger partial charge in [0.15, 0.2) is 5.82 Å². The smallest absolute Gasteiger partial charge is 0.244 e. The van der Waals surface area contributed by atoms with Gasteiger partial charge in [-0.05, 0) is 19.4 Å². The number of hydrogen-bond donors (Lipinski definition) is 2. The molecule has 2 N–H and O–H groups in total. The van der Waals surface area contributed by atoms with E-state index >= 15 is 0 Å². The molecule has 0 bridgehead atoms. The highest BCUT2D eigenvalue weighted by molar-refractivity contribution is 5.28. The summed E-state index contributed by atoms with van der Waals surface area (Å²) in [6.45, 7) is 7.43. The van der Waals surface area contributed by atoms with Gasteiger partial charge in [-0.15, -0.1) is 5.10 Å². The van der Waals surface area contributed by atoms with Crippen molar-refractivity contribution < 1.29 is 4.74 Å². The lowest BCUT2D eigenvalue weighted by Gasteiger charge is -2.16. The van der Waals surface area contributed by atoms with Crippen molar-refractivity contribution in [3.8, 4) is 0 Å². The van der Waals surface area contributed by atoms with Crippen molar-refractivity contribution in [2.24, 2.45) is 0 Å². The monoisotopic (exact) mass is 239 g/mol. The molecule has 0 spiro atoms. The first-order valence-corrected chi connectivity index (χ1v) is 6.35. The average molecular weight is 239 g/mol. The van der Waals surface area contributed by atoms with Crippen LogP contribution in [0.25, 0.3) is 0 Å². The highest BCUT2D eigenvalue weighted by Crippen LogP contribution is 2.09. The lowest BCUT2D eigenvalue weighted by atomic mass is 10.4. The molecule has 1 aliphatic rings. The summed E-state index contributed by atoms with van der Waals surface area (Å²) in [7, 11) is 0. The number of aromatic nitrogens is 3. The molecule has 1 aliphatic heterocycles. The largest absolute Gasteiger partial charge is 0.373 e. The van der Waals surface area contributed by atoms with Crippen LogP contribution >= 0.6 is 0 Å². The van der Waals surface area contributed by atoms with Gasteiger partial charge >= 0.3 is 0 Å². The number of rotatable bonds is 5. The van der Waals surface area contributed by atoms with Gasteiger partial charge in [0.1, 0.15) is 6.61 Å². The van der Waals surface area contributed by atoms with Gasteiger partial charge in [-0.1, -0.05) is 6.92 Å².